The van der Waals surface area contributed by atoms with E-state index >= 15 is 0 Å². The van der Waals surface area contributed by atoms with Gasteiger partial charge in [0.25, 0.3) is 0 Å². The van der Waals surface area contributed by atoms with Gasteiger partial charge < -0.3 is 5.32 Å². The van der Waals surface area contributed by atoms with Gasteiger partial charge in [0, 0.05) is 17.1 Å². The van der Waals surface area contributed by atoms with Crippen LogP contribution in [0, 0.1) is 0 Å². The Kier molecular flexibility index (Phi) is 5.40. The minimum Gasteiger partial charge on any atom is -0.354 e. The highest BCUT2D eigenvalue weighted by molar-refractivity contribution is 6.30. The van der Waals surface area contributed by atoms with Gasteiger partial charge in [-0.2, -0.15) is 4.80 Å². The lowest BCUT2D eigenvalue weighted by Gasteiger charge is -2.12. The van der Waals surface area contributed by atoms with E-state index in [4.69, 9.17) is 11.6 Å². The van der Waals surface area contributed by atoms with Crippen LogP contribution in [0.15, 0.2) is 54.6 Å². The molecular formula is C18H18ClN5O. The van der Waals surface area contributed by atoms with Gasteiger partial charge in [-0.15, -0.1) is 10.2 Å². The van der Waals surface area contributed by atoms with E-state index in [1.807, 2.05) is 42.5 Å². The average molecular weight is 356 g/mol. The van der Waals surface area contributed by atoms with Crippen molar-refractivity contribution in [2.45, 2.75) is 19.4 Å². The van der Waals surface area contributed by atoms with Crippen molar-refractivity contribution >= 4 is 17.5 Å². The topological polar surface area (TPSA) is 72.7 Å². The molecule has 2 aromatic carbocycles. The Labute approximate surface area is 150 Å². The van der Waals surface area contributed by atoms with Crippen LogP contribution in [0.1, 0.15) is 18.4 Å². The van der Waals surface area contributed by atoms with Crippen molar-refractivity contribution in [3.8, 4) is 11.4 Å². The molecule has 0 saturated heterocycles. The summed E-state index contributed by atoms with van der Waals surface area (Å²) in [6.07, 6.45) is 0. The monoisotopic (exact) mass is 355 g/mol. The fraction of sp³-hybridized carbons (Fsp3) is 0.222. The molecule has 1 aromatic heterocycles. The first-order valence-corrected chi connectivity index (χ1v) is 8.35. The largest absolute Gasteiger partial charge is 0.354 e. The molecule has 6 nitrogen and oxygen atoms in total. The van der Waals surface area contributed by atoms with Crippen LogP contribution in [-0.2, 0) is 11.3 Å². The van der Waals surface area contributed by atoms with E-state index in [1.165, 1.54) is 10.4 Å². The summed E-state index contributed by atoms with van der Waals surface area (Å²) in [6, 6.07) is 17.2. The van der Waals surface area contributed by atoms with Gasteiger partial charge in [-0.3, -0.25) is 4.79 Å². The number of tetrazole rings is 1. The zero-order chi connectivity index (χ0) is 17.6. The van der Waals surface area contributed by atoms with Crippen molar-refractivity contribution < 1.29 is 4.79 Å². The molecule has 0 aliphatic carbocycles. The van der Waals surface area contributed by atoms with E-state index in [0.717, 1.165) is 5.56 Å². The summed E-state index contributed by atoms with van der Waals surface area (Å²) < 4.78 is 0. The van der Waals surface area contributed by atoms with Gasteiger partial charge in [0.05, 0.1) is 0 Å². The molecule has 0 radical (unpaired) electrons. The molecule has 0 unspecified atom stereocenters. The smallest absolute Gasteiger partial charge is 0.243 e. The highest BCUT2D eigenvalue weighted by Gasteiger charge is 2.11. The van der Waals surface area contributed by atoms with Gasteiger partial charge in [0.15, 0.2) is 0 Å². The number of carbonyl (C=O) groups is 1. The molecule has 0 spiro atoms. The molecule has 7 heteroatoms. The Morgan fingerprint density at radius 1 is 1.20 bits per heavy atom. The minimum atomic E-state index is -0.155. The number of nitrogens with one attached hydrogen (secondary N) is 1. The second-order valence-electron chi connectivity index (χ2n) is 5.77. The molecule has 0 fully saturated rings. The molecule has 1 atom stereocenters. The predicted octanol–water partition coefficient (Wildman–Crippen LogP) is 2.91. The van der Waals surface area contributed by atoms with Crippen molar-refractivity contribution in [1.29, 1.82) is 0 Å². The Morgan fingerprint density at radius 3 is 2.76 bits per heavy atom. The zero-order valence-corrected chi connectivity index (χ0v) is 14.5. The number of hydrogen-bond acceptors (Lipinski definition) is 4. The van der Waals surface area contributed by atoms with Crippen LogP contribution in [0.2, 0.25) is 5.02 Å². The van der Waals surface area contributed by atoms with E-state index in [0.29, 0.717) is 17.4 Å². The number of amides is 1. The Bertz CT molecular complexity index is 849. The van der Waals surface area contributed by atoms with Crippen molar-refractivity contribution in [3.05, 3.63) is 65.2 Å². The van der Waals surface area contributed by atoms with Gasteiger partial charge in [-0.25, -0.2) is 0 Å². The average Bonchev–Trinajstić information content (AvgIpc) is 3.09. The van der Waals surface area contributed by atoms with E-state index < -0.39 is 0 Å². The molecule has 1 amide bonds. The molecular weight excluding hydrogens is 338 g/mol. The van der Waals surface area contributed by atoms with Gasteiger partial charge in [0.2, 0.25) is 11.7 Å². The van der Waals surface area contributed by atoms with Crippen molar-refractivity contribution in [2.75, 3.05) is 6.54 Å². The van der Waals surface area contributed by atoms with E-state index in [1.54, 1.807) is 12.1 Å². The molecule has 3 rings (SSSR count). The summed E-state index contributed by atoms with van der Waals surface area (Å²) in [5.74, 6) is 0.515. The maximum Gasteiger partial charge on any atom is 0.243 e. The number of hydrogen-bond donors (Lipinski definition) is 1. The van der Waals surface area contributed by atoms with Crippen LogP contribution in [0.3, 0.4) is 0 Å². The van der Waals surface area contributed by atoms with Gasteiger partial charge in [-0.05, 0) is 28.8 Å². The fourth-order valence-electron chi connectivity index (χ4n) is 2.40. The van der Waals surface area contributed by atoms with Crippen molar-refractivity contribution in [2.24, 2.45) is 0 Å². The van der Waals surface area contributed by atoms with Gasteiger partial charge >= 0.3 is 0 Å². The lowest BCUT2D eigenvalue weighted by molar-refractivity contribution is -0.122. The number of halogens is 1. The highest BCUT2D eigenvalue weighted by Crippen LogP contribution is 2.18. The lowest BCUT2D eigenvalue weighted by atomic mass is 10.0. The second-order valence-corrected chi connectivity index (χ2v) is 6.21. The number of carbonyl (C=O) groups excluding carboxylic acids is 1. The Morgan fingerprint density at radius 2 is 2.00 bits per heavy atom. The Balaban J connectivity index is 1.55. The first-order valence-electron chi connectivity index (χ1n) is 7.97. The molecule has 1 heterocycles. The normalized spacial score (nSPS) is 11.9. The summed E-state index contributed by atoms with van der Waals surface area (Å²) in [5, 5.41) is 15.6. The van der Waals surface area contributed by atoms with Gasteiger partial charge in [0.1, 0.15) is 6.54 Å². The molecule has 0 bridgehead atoms. The molecule has 3 aromatic rings. The van der Waals surface area contributed by atoms with Crippen LogP contribution in [0.4, 0.5) is 0 Å². The summed E-state index contributed by atoms with van der Waals surface area (Å²) in [7, 11) is 0. The Hall–Kier alpha value is -2.73. The zero-order valence-electron chi connectivity index (χ0n) is 13.8. The molecule has 128 valence electrons. The summed E-state index contributed by atoms with van der Waals surface area (Å²) >= 11 is 5.96. The third-order valence-electron chi connectivity index (χ3n) is 3.79. The van der Waals surface area contributed by atoms with Crippen LogP contribution < -0.4 is 5.32 Å². The standard InChI is InChI=1S/C18H18ClN5O/c1-13(14-6-3-2-4-7-14)11-20-17(25)12-24-22-18(21-23-24)15-8-5-9-16(19)10-15/h2-10,13H,11-12H2,1H3,(H,20,25)/t13-/m0/s1. The van der Waals surface area contributed by atoms with Crippen LogP contribution in [-0.4, -0.2) is 32.7 Å². The molecule has 0 aliphatic heterocycles. The van der Waals surface area contributed by atoms with Crippen LogP contribution in [0.25, 0.3) is 11.4 Å². The summed E-state index contributed by atoms with van der Waals surface area (Å²) in [6.45, 7) is 2.65. The first kappa shape index (κ1) is 17.1. The summed E-state index contributed by atoms with van der Waals surface area (Å²) in [4.78, 5) is 13.4. The third-order valence-corrected chi connectivity index (χ3v) is 4.03. The van der Waals surface area contributed by atoms with Crippen LogP contribution >= 0.6 is 11.6 Å². The maximum atomic E-state index is 12.1. The number of rotatable bonds is 6. The first-order chi connectivity index (χ1) is 12.1. The van der Waals surface area contributed by atoms with Gasteiger partial charge in [-0.1, -0.05) is 61.0 Å². The van der Waals surface area contributed by atoms with E-state index in [9.17, 15) is 4.79 Å². The molecule has 0 saturated carbocycles. The number of nitrogens with zero attached hydrogens (tertiary/aromatic N) is 4. The van der Waals surface area contributed by atoms with E-state index in [2.05, 4.69) is 27.7 Å². The minimum absolute atomic E-state index is 0.0229. The van der Waals surface area contributed by atoms with Crippen molar-refractivity contribution in [1.82, 2.24) is 25.5 Å². The predicted molar refractivity (Wildman–Crippen MR) is 96.1 cm³/mol. The lowest BCUT2D eigenvalue weighted by Crippen LogP contribution is -2.31. The quantitative estimate of drug-likeness (QED) is 0.738. The summed E-state index contributed by atoms with van der Waals surface area (Å²) in [5.41, 5.74) is 1.95. The fourth-order valence-corrected chi connectivity index (χ4v) is 2.59. The number of aromatic nitrogens is 4. The molecule has 1 N–H and O–H groups in total. The van der Waals surface area contributed by atoms with E-state index in [-0.39, 0.29) is 18.4 Å². The highest BCUT2D eigenvalue weighted by atomic mass is 35.5. The number of benzene rings is 2. The maximum absolute atomic E-state index is 12.1. The molecule has 25 heavy (non-hydrogen) atoms. The van der Waals surface area contributed by atoms with Crippen LogP contribution in [0.5, 0.6) is 0 Å². The molecule has 0 aliphatic rings. The van der Waals surface area contributed by atoms with Crippen molar-refractivity contribution in [3.63, 3.8) is 0 Å². The SMILES string of the molecule is C[C@@H](CNC(=O)Cn1nnc(-c2cccc(Cl)c2)n1)c1ccccc1. The third kappa shape index (κ3) is 4.64. The second kappa shape index (κ2) is 7.90.